The molecular formula is C21H23ClFN7O3. The second-order valence-corrected chi connectivity index (χ2v) is 8.10. The standard InChI is InChI=1S/C21H23ClFN7O3/c1-28-17-12(9-14(32-2)15(22)16(17)23)18(30-4-3-24-11-30)19(28)21-25-20(26-27-21)13(10-31)29-5-7-33-8-6-29/h3-4,9,11,13,31H,5-8,10H2,1-2H3,(H,25,26,27). The number of imidazole rings is 1. The van der Waals surface area contributed by atoms with E-state index < -0.39 is 5.82 Å². The zero-order valence-corrected chi connectivity index (χ0v) is 18.9. The summed E-state index contributed by atoms with van der Waals surface area (Å²) in [7, 11) is 3.17. The second kappa shape index (κ2) is 8.75. The van der Waals surface area contributed by atoms with Crippen molar-refractivity contribution in [3.63, 3.8) is 0 Å². The highest BCUT2D eigenvalue weighted by Gasteiger charge is 2.29. The van der Waals surface area contributed by atoms with Crippen molar-refractivity contribution in [2.75, 3.05) is 40.0 Å². The SMILES string of the molecule is COc1cc2c(-n3ccnc3)c(-c3n[nH]c(C(CO)N4CCOCC4)n3)n(C)c2c(F)c1Cl. The first-order valence-corrected chi connectivity index (χ1v) is 10.8. The van der Waals surface area contributed by atoms with Crippen LogP contribution in [-0.4, -0.2) is 79.3 Å². The number of rotatable bonds is 6. The number of morpholine rings is 1. The third kappa shape index (κ3) is 3.57. The molecule has 1 aliphatic rings. The molecule has 1 atom stereocenters. The maximum absolute atomic E-state index is 15.3. The number of methoxy groups -OCH3 is 1. The number of H-pyrrole nitrogens is 1. The molecule has 10 nitrogen and oxygen atoms in total. The monoisotopic (exact) mass is 475 g/mol. The number of aliphatic hydroxyl groups is 1. The Morgan fingerprint density at radius 1 is 1.36 bits per heavy atom. The molecular weight excluding hydrogens is 453 g/mol. The molecule has 0 bridgehead atoms. The topological polar surface area (TPSA) is 106 Å². The Balaban J connectivity index is 1.70. The summed E-state index contributed by atoms with van der Waals surface area (Å²) >= 11 is 6.21. The lowest BCUT2D eigenvalue weighted by Gasteiger charge is -2.31. The van der Waals surface area contributed by atoms with Crippen LogP contribution in [0, 0.1) is 5.82 Å². The van der Waals surface area contributed by atoms with Crippen molar-refractivity contribution in [3.8, 4) is 23.0 Å². The van der Waals surface area contributed by atoms with Gasteiger partial charge in [0.1, 0.15) is 22.3 Å². The summed E-state index contributed by atoms with van der Waals surface area (Å²) in [4.78, 5) is 10.9. The van der Waals surface area contributed by atoms with Crippen molar-refractivity contribution in [1.29, 1.82) is 0 Å². The molecule has 0 spiro atoms. The number of nitrogens with zero attached hydrogens (tertiary/aromatic N) is 6. The molecule has 4 aromatic rings. The third-order valence-electron chi connectivity index (χ3n) is 5.97. The van der Waals surface area contributed by atoms with Gasteiger partial charge in [0.25, 0.3) is 0 Å². The van der Waals surface area contributed by atoms with Crippen LogP contribution < -0.4 is 4.74 Å². The molecule has 0 radical (unpaired) electrons. The number of halogens is 2. The Kier molecular flexibility index (Phi) is 5.79. The van der Waals surface area contributed by atoms with Crippen molar-refractivity contribution in [2.45, 2.75) is 6.04 Å². The number of fused-ring (bicyclic) bond motifs is 1. The number of ether oxygens (including phenoxy) is 2. The van der Waals surface area contributed by atoms with E-state index >= 15 is 4.39 Å². The van der Waals surface area contributed by atoms with Crippen molar-refractivity contribution in [2.24, 2.45) is 7.05 Å². The Bertz CT molecular complexity index is 1280. The molecule has 5 rings (SSSR count). The smallest absolute Gasteiger partial charge is 0.200 e. The Hall–Kier alpha value is -2.99. The van der Waals surface area contributed by atoms with Gasteiger partial charge >= 0.3 is 0 Å². The van der Waals surface area contributed by atoms with Gasteiger partial charge in [-0.2, -0.15) is 5.10 Å². The summed E-state index contributed by atoms with van der Waals surface area (Å²) in [5, 5.41) is 17.9. The highest BCUT2D eigenvalue weighted by atomic mass is 35.5. The summed E-state index contributed by atoms with van der Waals surface area (Å²) in [6, 6.07) is 1.34. The summed E-state index contributed by atoms with van der Waals surface area (Å²) in [6.45, 7) is 2.42. The Labute approximate surface area is 193 Å². The van der Waals surface area contributed by atoms with Crippen LogP contribution in [0.1, 0.15) is 11.9 Å². The van der Waals surface area contributed by atoms with Gasteiger partial charge in [0.05, 0.1) is 50.5 Å². The normalized spacial score (nSPS) is 15.9. The van der Waals surface area contributed by atoms with Crippen LogP contribution in [0.15, 0.2) is 24.8 Å². The van der Waals surface area contributed by atoms with E-state index in [0.717, 1.165) is 0 Å². The van der Waals surface area contributed by atoms with Crippen LogP contribution in [-0.2, 0) is 11.8 Å². The van der Waals surface area contributed by atoms with Crippen LogP contribution in [0.25, 0.3) is 28.1 Å². The largest absolute Gasteiger partial charge is 0.495 e. The van der Waals surface area contributed by atoms with Gasteiger partial charge in [0.2, 0.25) is 0 Å². The molecule has 1 aromatic carbocycles. The Morgan fingerprint density at radius 3 is 2.82 bits per heavy atom. The first kappa shape index (κ1) is 21.8. The van der Waals surface area contributed by atoms with Crippen molar-refractivity contribution >= 4 is 22.5 Å². The minimum absolute atomic E-state index is 0.0994. The number of aromatic nitrogens is 6. The number of hydrogen-bond donors (Lipinski definition) is 2. The quantitative estimate of drug-likeness (QED) is 0.440. The third-order valence-corrected chi connectivity index (χ3v) is 6.32. The molecule has 3 aromatic heterocycles. The molecule has 0 saturated carbocycles. The summed E-state index contributed by atoms with van der Waals surface area (Å²) < 4.78 is 29.5. The van der Waals surface area contributed by atoms with Gasteiger partial charge in [-0.05, 0) is 6.07 Å². The maximum Gasteiger partial charge on any atom is 0.200 e. The van der Waals surface area contributed by atoms with E-state index in [9.17, 15) is 5.11 Å². The lowest BCUT2D eigenvalue weighted by molar-refractivity contribution is 0.000480. The van der Waals surface area contributed by atoms with Crippen LogP contribution >= 0.6 is 11.6 Å². The zero-order valence-electron chi connectivity index (χ0n) is 18.1. The maximum atomic E-state index is 15.3. The number of aromatic amines is 1. The highest BCUT2D eigenvalue weighted by molar-refractivity contribution is 6.33. The lowest BCUT2D eigenvalue weighted by Crippen LogP contribution is -2.40. The lowest BCUT2D eigenvalue weighted by atomic mass is 10.2. The van der Waals surface area contributed by atoms with E-state index in [1.165, 1.54) is 7.11 Å². The van der Waals surface area contributed by atoms with E-state index in [4.69, 9.17) is 26.1 Å². The highest BCUT2D eigenvalue weighted by Crippen LogP contribution is 2.41. The molecule has 12 heteroatoms. The number of aryl methyl sites for hydroxylation is 1. The van der Waals surface area contributed by atoms with E-state index in [1.807, 2.05) is 0 Å². The summed E-state index contributed by atoms with van der Waals surface area (Å²) in [5.74, 6) is 0.503. The van der Waals surface area contributed by atoms with Gasteiger partial charge in [0, 0.05) is 37.9 Å². The summed E-state index contributed by atoms with van der Waals surface area (Å²) in [5.41, 5.74) is 1.49. The zero-order chi connectivity index (χ0) is 23.1. The van der Waals surface area contributed by atoms with E-state index in [1.54, 1.807) is 41.0 Å². The number of nitrogens with one attached hydrogen (secondary N) is 1. The van der Waals surface area contributed by atoms with Gasteiger partial charge in [-0.3, -0.25) is 10.00 Å². The molecule has 1 saturated heterocycles. The molecule has 1 aliphatic heterocycles. The number of aliphatic hydroxyl groups excluding tert-OH is 1. The van der Waals surface area contributed by atoms with Gasteiger partial charge < -0.3 is 23.7 Å². The van der Waals surface area contributed by atoms with Gasteiger partial charge in [0.15, 0.2) is 11.6 Å². The van der Waals surface area contributed by atoms with E-state index in [0.29, 0.717) is 54.7 Å². The molecule has 33 heavy (non-hydrogen) atoms. The van der Waals surface area contributed by atoms with Gasteiger partial charge in [-0.25, -0.2) is 14.4 Å². The van der Waals surface area contributed by atoms with Crippen LogP contribution in [0.2, 0.25) is 5.02 Å². The summed E-state index contributed by atoms with van der Waals surface area (Å²) in [6.07, 6.45) is 5.01. The number of benzene rings is 1. The van der Waals surface area contributed by atoms with E-state index in [-0.39, 0.29) is 28.9 Å². The van der Waals surface area contributed by atoms with Gasteiger partial charge in [-0.1, -0.05) is 11.6 Å². The van der Waals surface area contributed by atoms with Crippen LogP contribution in [0.5, 0.6) is 5.75 Å². The van der Waals surface area contributed by atoms with Crippen LogP contribution in [0.3, 0.4) is 0 Å². The average molecular weight is 476 g/mol. The second-order valence-electron chi connectivity index (χ2n) is 7.72. The van der Waals surface area contributed by atoms with E-state index in [2.05, 4.69) is 20.1 Å². The van der Waals surface area contributed by atoms with Gasteiger partial charge in [-0.15, -0.1) is 0 Å². The first-order valence-electron chi connectivity index (χ1n) is 10.4. The minimum atomic E-state index is -0.599. The fourth-order valence-electron chi connectivity index (χ4n) is 4.35. The van der Waals surface area contributed by atoms with Crippen LogP contribution in [0.4, 0.5) is 4.39 Å². The molecule has 0 aliphatic carbocycles. The van der Waals surface area contributed by atoms with Crippen molar-refractivity contribution in [3.05, 3.63) is 41.5 Å². The minimum Gasteiger partial charge on any atom is -0.495 e. The fraction of sp³-hybridized carbons (Fsp3) is 0.381. The molecule has 1 unspecified atom stereocenters. The fourth-order valence-corrected chi connectivity index (χ4v) is 4.57. The molecule has 4 heterocycles. The van der Waals surface area contributed by atoms with Crippen molar-refractivity contribution in [1.82, 2.24) is 34.2 Å². The Morgan fingerprint density at radius 2 is 2.15 bits per heavy atom. The molecule has 1 fully saturated rings. The predicted molar refractivity (Wildman–Crippen MR) is 119 cm³/mol. The molecule has 174 valence electrons. The average Bonchev–Trinajstić information content (AvgIpc) is 3.57. The first-order chi connectivity index (χ1) is 16.0. The molecule has 0 amide bonds. The molecule has 2 N–H and O–H groups in total. The van der Waals surface area contributed by atoms with Crippen molar-refractivity contribution < 1.29 is 19.0 Å². The predicted octanol–water partition coefficient (Wildman–Crippen LogP) is 2.32. The number of hydrogen-bond acceptors (Lipinski definition) is 7.